The summed E-state index contributed by atoms with van der Waals surface area (Å²) in [6.07, 6.45) is 0.244. The summed E-state index contributed by atoms with van der Waals surface area (Å²) in [5.41, 5.74) is 1.57. The zero-order chi connectivity index (χ0) is 18.6. The summed E-state index contributed by atoms with van der Waals surface area (Å²) in [6, 6.07) is 14.9. The van der Waals surface area contributed by atoms with Crippen LogP contribution < -0.4 is 9.47 Å². The summed E-state index contributed by atoms with van der Waals surface area (Å²) in [5.74, 6) is 2.90. The van der Waals surface area contributed by atoms with Crippen LogP contribution >= 0.6 is 0 Å². The first-order valence-corrected chi connectivity index (χ1v) is 8.19. The Morgan fingerprint density at radius 1 is 0.852 bits per heavy atom. The van der Waals surface area contributed by atoms with Gasteiger partial charge in [0.1, 0.15) is 17.9 Å². The fourth-order valence-electron chi connectivity index (χ4n) is 2.53. The van der Waals surface area contributed by atoms with Crippen molar-refractivity contribution in [3.8, 4) is 34.3 Å². The summed E-state index contributed by atoms with van der Waals surface area (Å²) in [6.45, 7) is 0. The lowest BCUT2D eigenvalue weighted by Crippen LogP contribution is -1.89. The zero-order valence-electron chi connectivity index (χ0n) is 14.7. The first kappa shape index (κ1) is 16.8. The van der Waals surface area contributed by atoms with Crippen molar-refractivity contribution in [1.82, 2.24) is 20.3 Å². The molecule has 0 atom stereocenters. The minimum atomic E-state index is 0.244. The van der Waals surface area contributed by atoms with Crippen molar-refractivity contribution in [2.24, 2.45) is 0 Å². The highest BCUT2D eigenvalue weighted by atomic mass is 16.5. The summed E-state index contributed by atoms with van der Waals surface area (Å²) in [4.78, 5) is 4.37. The molecule has 0 aliphatic rings. The molecule has 0 N–H and O–H groups in total. The summed E-state index contributed by atoms with van der Waals surface area (Å²) < 4.78 is 21.5. The van der Waals surface area contributed by atoms with Crippen LogP contribution in [0.3, 0.4) is 0 Å². The lowest BCUT2D eigenvalue weighted by Gasteiger charge is -2.05. The third kappa shape index (κ3) is 3.64. The largest absolute Gasteiger partial charge is 0.497 e. The molecule has 0 saturated heterocycles. The number of ether oxygens (including phenoxy) is 2. The summed E-state index contributed by atoms with van der Waals surface area (Å²) >= 11 is 0. The maximum absolute atomic E-state index is 5.73. The molecule has 8 heteroatoms. The van der Waals surface area contributed by atoms with Crippen molar-refractivity contribution >= 4 is 0 Å². The topological polar surface area (TPSA) is 96.3 Å². The maximum Gasteiger partial charge on any atom is 0.248 e. The Hall–Kier alpha value is -3.68. The van der Waals surface area contributed by atoms with Crippen molar-refractivity contribution in [3.05, 3.63) is 60.3 Å². The molecule has 0 radical (unpaired) electrons. The van der Waals surface area contributed by atoms with E-state index in [4.69, 9.17) is 18.4 Å². The normalized spacial score (nSPS) is 10.7. The third-order valence-electron chi connectivity index (χ3n) is 3.87. The van der Waals surface area contributed by atoms with Gasteiger partial charge in [-0.2, -0.15) is 4.98 Å². The molecule has 2 heterocycles. The van der Waals surface area contributed by atoms with Crippen LogP contribution in [0, 0.1) is 0 Å². The molecule has 4 rings (SSSR count). The Balaban J connectivity index is 1.55. The molecule has 0 saturated carbocycles. The Bertz CT molecular complexity index is 1020. The van der Waals surface area contributed by atoms with E-state index in [0.717, 1.165) is 5.56 Å². The molecule has 136 valence electrons. The van der Waals surface area contributed by atoms with E-state index in [-0.39, 0.29) is 6.42 Å². The van der Waals surface area contributed by atoms with Crippen LogP contribution in [-0.4, -0.2) is 34.6 Å². The van der Waals surface area contributed by atoms with Crippen molar-refractivity contribution in [3.63, 3.8) is 0 Å². The van der Waals surface area contributed by atoms with Crippen LogP contribution in [0.1, 0.15) is 11.8 Å². The van der Waals surface area contributed by atoms with E-state index in [1.54, 1.807) is 32.4 Å². The third-order valence-corrected chi connectivity index (χ3v) is 3.87. The molecule has 0 aliphatic carbocycles. The number of hydrogen-bond donors (Lipinski definition) is 0. The molecular formula is C19H16N4O4. The smallest absolute Gasteiger partial charge is 0.248 e. The Labute approximate surface area is 154 Å². The maximum atomic E-state index is 5.73. The second kappa shape index (κ2) is 7.28. The van der Waals surface area contributed by atoms with Crippen LogP contribution in [-0.2, 0) is 6.42 Å². The average Bonchev–Trinajstić information content (AvgIpc) is 3.38. The first-order chi connectivity index (χ1) is 13.2. The van der Waals surface area contributed by atoms with Gasteiger partial charge in [0.25, 0.3) is 0 Å². The lowest BCUT2D eigenvalue weighted by molar-refractivity contribution is 0.373. The van der Waals surface area contributed by atoms with Crippen LogP contribution in [0.5, 0.6) is 11.5 Å². The van der Waals surface area contributed by atoms with E-state index in [9.17, 15) is 0 Å². The second-order valence-electron chi connectivity index (χ2n) is 5.66. The van der Waals surface area contributed by atoms with Gasteiger partial charge in [0.15, 0.2) is 0 Å². The van der Waals surface area contributed by atoms with E-state index in [1.165, 1.54) is 0 Å². The SMILES string of the molecule is COc1cc(OC)cc(-c2nnc(Cc3nc(-c4ccccc4)no3)o2)c1. The highest BCUT2D eigenvalue weighted by Gasteiger charge is 2.15. The van der Waals surface area contributed by atoms with E-state index in [1.807, 2.05) is 30.3 Å². The summed E-state index contributed by atoms with van der Waals surface area (Å²) in [5, 5.41) is 12.1. The van der Waals surface area contributed by atoms with Crippen LogP contribution in [0.2, 0.25) is 0 Å². The molecule has 0 aliphatic heterocycles. The van der Waals surface area contributed by atoms with Gasteiger partial charge >= 0.3 is 0 Å². The second-order valence-corrected chi connectivity index (χ2v) is 5.66. The van der Waals surface area contributed by atoms with Gasteiger partial charge in [-0.25, -0.2) is 0 Å². The molecular weight excluding hydrogens is 348 g/mol. The fourth-order valence-corrected chi connectivity index (χ4v) is 2.53. The van der Waals surface area contributed by atoms with Gasteiger partial charge in [-0.3, -0.25) is 0 Å². The lowest BCUT2D eigenvalue weighted by atomic mass is 10.2. The van der Waals surface area contributed by atoms with Gasteiger partial charge in [-0.15, -0.1) is 10.2 Å². The van der Waals surface area contributed by atoms with Crippen molar-refractivity contribution < 1.29 is 18.4 Å². The number of aromatic nitrogens is 4. The average molecular weight is 364 g/mol. The molecule has 27 heavy (non-hydrogen) atoms. The number of benzene rings is 2. The van der Waals surface area contributed by atoms with E-state index in [0.29, 0.717) is 40.6 Å². The van der Waals surface area contributed by atoms with Gasteiger partial charge in [0.2, 0.25) is 23.5 Å². The molecule has 0 fully saturated rings. The van der Waals surface area contributed by atoms with Gasteiger partial charge in [-0.1, -0.05) is 35.5 Å². The van der Waals surface area contributed by atoms with Gasteiger partial charge in [0, 0.05) is 17.2 Å². The predicted octanol–water partition coefficient (Wildman–Crippen LogP) is 3.39. The summed E-state index contributed by atoms with van der Waals surface area (Å²) in [7, 11) is 3.16. The van der Waals surface area contributed by atoms with Crippen LogP contribution in [0.25, 0.3) is 22.8 Å². The van der Waals surface area contributed by atoms with Gasteiger partial charge < -0.3 is 18.4 Å². The zero-order valence-corrected chi connectivity index (χ0v) is 14.7. The quantitative estimate of drug-likeness (QED) is 0.514. The minimum Gasteiger partial charge on any atom is -0.497 e. The Kier molecular flexibility index (Phi) is 4.52. The molecule has 0 bridgehead atoms. The fraction of sp³-hybridized carbons (Fsp3) is 0.158. The van der Waals surface area contributed by atoms with Crippen molar-refractivity contribution in [1.29, 1.82) is 0 Å². The van der Waals surface area contributed by atoms with Gasteiger partial charge in [-0.05, 0) is 12.1 Å². The monoisotopic (exact) mass is 364 g/mol. The molecule has 0 spiro atoms. The number of methoxy groups -OCH3 is 2. The molecule has 0 amide bonds. The molecule has 2 aromatic carbocycles. The molecule has 8 nitrogen and oxygen atoms in total. The number of rotatable bonds is 6. The minimum absolute atomic E-state index is 0.244. The molecule has 2 aromatic heterocycles. The van der Waals surface area contributed by atoms with Crippen molar-refractivity contribution in [2.45, 2.75) is 6.42 Å². The standard InChI is InChI=1S/C19H16N4O4/c1-24-14-8-13(9-15(10-14)25-2)19-22-21-17(26-19)11-16-20-18(23-27-16)12-6-4-3-5-7-12/h3-10H,11H2,1-2H3. The van der Waals surface area contributed by atoms with E-state index < -0.39 is 0 Å². The molecule has 4 aromatic rings. The van der Waals surface area contributed by atoms with Crippen LogP contribution in [0.15, 0.2) is 57.5 Å². The van der Waals surface area contributed by atoms with Crippen molar-refractivity contribution in [2.75, 3.05) is 14.2 Å². The number of nitrogens with zero attached hydrogens (tertiary/aromatic N) is 4. The predicted molar refractivity (Wildman–Crippen MR) is 95.4 cm³/mol. The van der Waals surface area contributed by atoms with Crippen LogP contribution in [0.4, 0.5) is 0 Å². The van der Waals surface area contributed by atoms with E-state index in [2.05, 4.69) is 20.3 Å². The Morgan fingerprint density at radius 3 is 2.30 bits per heavy atom. The van der Waals surface area contributed by atoms with Gasteiger partial charge in [0.05, 0.1) is 14.2 Å². The number of hydrogen-bond acceptors (Lipinski definition) is 8. The highest BCUT2D eigenvalue weighted by Crippen LogP contribution is 2.29. The molecule has 0 unspecified atom stereocenters. The highest BCUT2D eigenvalue weighted by molar-refractivity contribution is 5.59. The Morgan fingerprint density at radius 2 is 1.59 bits per heavy atom. The van der Waals surface area contributed by atoms with E-state index >= 15 is 0 Å². The first-order valence-electron chi connectivity index (χ1n) is 8.19.